The zero-order valence-corrected chi connectivity index (χ0v) is 12.2. The number of benzene rings is 1. The van der Waals surface area contributed by atoms with Crippen LogP contribution in [-0.4, -0.2) is 30.6 Å². The molecule has 1 fully saturated rings. The molecule has 1 aliphatic heterocycles. The van der Waals surface area contributed by atoms with Crippen molar-refractivity contribution in [2.75, 3.05) is 25.0 Å². The van der Waals surface area contributed by atoms with E-state index in [0.717, 1.165) is 23.2 Å². The van der Waals surface area contributed by atoms with E-state index in [1.165, 1.54) is 19.4 Å². The lowest BCUT2D eigenvalue weighted by atomic mass is 10.1. The number of nitrogens with zero attached hydrogens (tertiary/aromatic N) is 2. The molecule has 1 aliphatic rings. The summed E-state index contributed by atoms with van der Waals surface area (Å²) < 4.78 is 0.951. The van der Waals surface area contributed by atoms with Crippen molar-refractivity contribution in [2.45, 2.75) is 25.8 Å². The maximum absolute atomic E-state index is 8.97. The van der Waals surface area contributed by atoms with E-state index < -0.39 is 0 Å². The highest BCUT2D eigenvalue weighted by Crippen LogP contribution is 2.22. The standard InChI is InChI=1S/C14H18BrN3/c1-2-18-5-3-4-13(10-18)17-14-7-11(9-16)6-12(15)8-14/h6-8,13,17H,2-5,10H2,1H3. The fourth-order valence-electron chi connectivity index (χ4n) is 2.43. The number of hydrogen-bond acceptors (Lipinski definition) is 3. The molecule has 3 nitrogen and oxygen atoms in total. The van der Waals surface area contributed by atoms with Gasteiger partial charge in [-0.15, -0.1) is 0 Å². The first-order valence-corrected chi connectivity index (χ1v) is 7.20. The number of anilines is 1. The summed E-state index contributed by atoms with van der Waals surface area (Å²) in [5.74, 6) is 0. The first-order valence-electron chi connectivity index (χ1n) is 6.41. The molecule has 1 N–H and O–H groups in total. The number of likely N-dealkylation sites (tertiary alicyclic amines) is 1. The molecule has 2 rings (SSSR count). The molecule has 0 aromatic heterocycles. The Bertz CT molecular complexity index is 453. The van der Waals surface area contributed by atoms with Crippen LogP contribution in [0.2, 0.25) is 0 Å². The molecule has 0 bridgehead atoms. The van der Waals surface area contributed by atoms with Crippen LogP contribution in [0, 0.1) is 11.3 Å². The number of nitrogens with one attached hydrogen (secondary N) is 1. The second kappa shape index (κ2) is 6.21. The van der Waals surface area contributed by atoms with Gasteiger partial charge >= 0.3 is 0 Å². The molecule has 1 unspecified atom stereocenters. The van der Waals surface area contributed by atoms with Crippen LogP contribution in [0.5, 0.6) is 0 Å². The Morgan fingerprint density at radius 1 is 1.50 bits per heavy atom. The molecule has 0 radical (unpaired) electrons. The van der Waals surface area contributed by atoms with Crippen LogP contribution in [-0.2, 0) is 0 Å². The fourth-order valence-corrected chi connectivity index (χ4v) is 2.93. The molecule has 0 spiro atoms. The molecule has 0 aliphatic carbocycles. The van der Waals surface area contributed by atoms with Crippen LogP contribution in [0.4, 0.5) is 5.69 Å². The van der Waals surface area contributed by atoms with E-state index in [2.05, 4.69) is 39.1 Å². The number of rotatable bonds is 3. The van der Waals surface area contributed by atoms with E-state index in [0.29, 0.717) is 11.6 Å². The summed E-state index contributed by atoms with van der Waals surface area (Å²) in [7, 11) is 0. The maximum Gasteiger partial charge on any atom is 0.0992 e. The highest BCUT2D eigenvalue weighted by molar-refractivity contribution is 9.10. The minimum atomic E-state index is 0.486. The lowest BCUT2D eigenvalue weighted by Crippen LogP contribution is -2.41. The Balaban J connectivity index is 2.05. The second-order valence-electron chi connectivity index (χ2n) is 4.72. The Hall–Kier alpha value is -1.05. The summed E-state index contributed by atoms with van der Waals surface area (Å²) in [6, 6.07) is 8.45. The molecule has 0 amide bonds. The predicted octanol–water partition coefficient (Wildman–Crippen LogP) is 3.22. The van der Waals surface area contributed by atoms with Crippen molar-refractivity contribution in [3.8, 4) is 6.07 Å². The third kappa shape index (κ3) is 3.47. The molecule has 1 heterocycles. The highest BCUT2D eigenvalue weighted by atomic mass is 79.9. The van der Waals surface area contributed by atoms with Crippen molar-refractivity contribution in [1.29, 1.82) is 5.26 Å². The Labute approximate surface area is 117 Å². The maximum atomic E-state index is 8.97. The van der Waals surface area contributed by atoms with Crippen LogP contribution in [0.25, 0.3) is 0 Å². The van der Waals surface area contributed by atoms with E-state index in [-0.39, 0.29) is 0 Å². The van der Waals surface area contributed by atoms with Crippen molar-refractivity contribution in [1.82, 2.24) is 4.90 Å². The largest absolute Gasteiger partial charge is 0.381 e. The fraction of sp³-hybridized carbons (Fsp3) is 0.500. The first kappa shape index (κ1) is 13.4. The van der Waals surface area contributed by atoms with Gasteiger partial charge in [0.25, 0.3) is 0 Å². The van der Waals surface area contributed by atoms with Crippen LogP contribution < -0.4 is 5.32 Å². The zero-order chi connectivity index (χ0) is 13.0. The van der Waals surface area contributed by atoms with Gasteiger partial charge in [0.05, 0.1) is 11.6 Å². The summed E-state index contributed by atoms with van der Waals surface area (Å²) in [4.78, 5) is 2.46. The molecule has 1 atom stereocenters. The molecular formula is C14H18BrN3. The van der Waals surface area contributed by atoms with Crippen LogP contribution >= 0.6 is 15.9 Å². The molecule has 1 aromatic rings. The third-order valence-corrected chi connectivity index (χ3v) is 3.81. The summed E-state index contributed by atoms with van der Waals surface area (Å²) in [6.45, 7) is 5.61. The number of halogens is 1. The van der Waals surface area contributed by atoms with Gasteiger partial charge in [0.15, 0.2) is 0 Å². The Kier molecular flexibility index (Phi) is 4.62. The summed E-state index contributed by atoms with van der Waals surface area (Å²) in [5.41, 5.74) is 1.72. The lowest BCUT2D eigenvalue weighted by molar-refractivity contribution is 0.227. The summed E-state index contributed by atoms with van der Waals surface area (Å²) >= 11 is 3.44. The van der Waals surface area contributed by atoms with Gasteiger partial charge in [0.1, 0.15) is 0 Å². The monoisotopic (exact) mass is 307 g/mol. The van der Waals surface area contributed by atoms with E-state index in [9.17, 15) is 0 Å². The molecule has 18 heavy (non-hydrogen) atoms. The first-order chi connectivity index (χ1) is 8.71. The quantitative estimate of drug-likeness (QED) is 0.932. The van der Waals surface area contributed by atoms with E-state index in [1.807, 2.05) is 18.2 Å². The lowest BCUT2D eigenvalue weighted by Gasteiger charge is -2.32. The predicted molar refractivity (Wildman–Crippen MR) is 77.6 cm³/mol. The molecule has 1 saturated heterocycles. The van der Waals surface area contributed by atoms with Gasteiger partial charge in [-0.25, -0.2) is 0 Å². The van der Waals surface area contributed by atoms with Crippen LogP contribution in [0.1, 0.15) is 25.3 Å². The Morgan fingerprint density at radius 2 is 2.33 bits per heavy atom. The average molecular weight is 308 g/mol. The van der Waals surface area contributed by atoms with Crippen LogP contribution in [0.3, 0.4) is 0 Å². The Morgan fingerprint density at radius 3 is 3.06 bits per heavy atom. The van der Waals surface area contributed by atoms with Gasteiger partial charge < -0.3 is 10.2 Å². The smallest absolute Gasteiger partial charge is 0.0992 e. The molecule has 1 aromatic carbocycles. The minimum absolute atomic E-state index is 0.486. The van der Waals surface area contributed by atoms with Crippen molar-refractivity contribution in [3.05, 3.63) is 28.2 Å². The number of piperidine rings is 1. The highest BCUT2D eigenvalue weighted by Gasteiger charge is 2.18. The SMILES string of the molecule is CCN1CCCC(Nc2cc(Br)cc(C#N)c2)C1. The molecule has 96 valence electrons. The third-order valence-electron chi connectivity index (χ3n) is 3.35. The van der Waals surface area contributed by atoms with E-state index in [1.54, 1.807) is 0 Å². The summed E-state index contributed by atoms with van der Waals surface area (Å²) in [5, 5.41) is 12.5. The normalized spacial score (nSPS) is 20.4. The number of hydrogen-bond donors (Lipinski definition) is 1. The molecule has 4 heteroatoms. The van der Waals surface area contributed by atoms with Gasteiger partial charge in [-0.3, -0.25) is 0 Å². The molecular weight excluding hydrogens is 290 g/mol. The number of likely N-dealkylation sites (N-methyl/N-ethyl adjacent to an activating group) is 1. The van der Waals surface area contributed by atoms with Crippen molar-refractivity contribution in [3.63, 3.8) is 0 Å². The summed E-state index contributed by atoms with van der Waals surface area (Å²) in [6.07, 6.45) is 2.44. The zero-order valence-electron chi connectivity index (χ0n) is 10.6. The van der Waals surface area contributed by atoms with Gasteiger partial charge in [0, 0.05) is 22.7 Å². The minimum Gasteiger partial charge on any atom is -0.381 e. The van der Waals surface area contributed by atoms with Crippen molar-refractivity contribution >= 4 is 21.6 Å². The topological polar surface area (TPSA) is 39.1 Å². The van der Waals surface area contributed by atoms with Crippen molar-refractivity contribution < 1.29 is 0 Å². The van der Waals surface area contributed by atoms with Crippen LogP contribution in [0.15, 0.2) is 22.7 Å². The van der Waals surface area contributed by atoms with Crippen molar-refractivity contribution in [2.24, 2.45) is 0 Å². The van der Waals surface area contributed by atoms with E-state index in [4.69, 9.17) is 5.26 Å². The average Bonchev–Trinajstić information content (AvgIpc) is 2.38. The van der Waals surface area contributed by atoms with Gasteiger partial charge in [-0.1, -0.05) is 22.9 Å². The van der Waals surface area contributed by atoms with Gasteiger partial charge in [0.2, 0.25) is 0 Å². The number of nitriles is 1. The molecule has 0 saturated carbocycles. The second-order valence-corrected chi connectivity index (χ2v) is 5.63. The van der Waals surface area contributed by atoms with Gasteiger partial charge in [-0.05, 0) is 44.1 Å². The van der Waals surface area contributed by atoms with Gasteiger partial charge in [-0.2, -0.15) is 5.26 Å². The van der Waals surface area contributed by atoms with E-state index >= 15 is 0 Å².